The molecule has 0 saturated carbocycles. The van der Waals surface area contributed by atoms with Crippen molar-refractivity contribution >= 4 is 41.6 Å². The van der Waals surface area contributed by atoms with Crippen LogP contribution < -0.4 is 10.6 Å². The Morgan fingerprint density at radius 3 is 2.06 bits per heavy atom. The van der Waals surface area contributed by atoms with E-state index in [-0.39, 0.29) is 62.4 Å². The van der Waals surface area contributed by atoms with Crippen LogP contribution in [-0.4, -0.2) is 71.7 Å². The highest BCUT2D eigenvalue weighted by Gasteiger charge is 2.31. The first kappa shape index (κ1) is 36.5. The van der Waals surface area contributed by atoms with Crippen molar-refractivity contribution in [2.24, 2.45) is 16.8 Å². The van der Waals surface area contributed by atoms with E-state index in [1.165, 1.54) is 0 Å². The monoisotopic (exact) mass is 645 g/mol. The van der Waals surface area contributed by atoms with E-state index in [1.54, 1.807) is 6.92 Å². The van der Waals surface area contributed by atoms with Crippen LogP contribution in [0.1, 0.15) is 77.3 Å². The molecule has 2 aromatic carbocycles. The molecule has 0 aromatic heterocycles. The molecule has 3 rings (SSSR count). The fourth-order valence-corrected chi connectivity index (χ4v) is 5.44. The molecule has 0 saturated heterocycles. The number of hydrogen-bond donors (Lipinski definition) is 2. The lowest BCUT2D eigenvalue weighted by atomic mass is 9.98. The lowest BCUT2D eigenvalue weighted by Crippen LogP contribution is -2.53. The second kappa shape index (κ2) is 17.7. The molecule has 47 heavy (non-hydrogen) atoms. The summed E-state index contributed by atoms with van der Waals surface area (Å²) < 4.78 is 10.7. The maximum atomic E-state index is 13.5. The van der Waals surface area contributed by atoms with Gasteiger partial charge in [-0.3, -0.25) is 14.4 Å². The Morgan fingerprint density at radius 2 is 1.51 bits per heavy atom. The van der Waals surface area contributed by atoms with E-state index < -0.39 is 41.7 Å². The molecule has 1 aliphatic rings. The zero-order valence-electron chi connectivity index (χ0n) is 27.5. The number of nitrogens with zero attached hydrogens (tertiary/aromatic N) is 3. The van der Waals surface area contributed by atoms with Crippen LogP contribution in [0, 0.1) is 11.8 Å². The number of ether oxygens (including phenoxy) is 2. The smallest absolute Gasteiger partial charge is 0.434 e. The Morgan fingerprint density at radius 1 is 0.894 bits per heavy atom. The van der Waals surface area contributed by atoms with Crippen molar-refractivity contribution in [1.29, 1.82) is 0 Å². The number of rotatable bonds is 16. The van der Waals surface area contributed by atoms with Crippen molar-refractivity contribution < 1.29 is 38.2 Å². The predicted molar refractivity (Wildman–Crippen MR) is 176 cm³/mol. The third-order valence-corrected chi connectivity index (χ3v) is 7.52. The first-order valence-corrected chi connectivity index (χ1v) is 15.9. The van der Waals surface area contributed by atoms with Gasteiger partial charge >= 0.3 is 18.3 Å². The summed E-state index contributed by atoms with van der Waals surface area (Å²) in [7, 11) is 0. The van der Waals surface area contributed by atoms with Gasteiger partial charge in [-0.15, -0.1) is 0 Å². The molecule has 2 N–H and O–H groups in total. The zero-order chi connectivity index (χ0) is 34.5. The normalized spacial score (nSPS) is 13.6. The molecule has 0 aliphatic heterocycles. The van der Waals surface area contributed by atoms with Crippen molar-refractivity contribution in [3.05, 3.63) is 65.2 Å². The molecule has 1 aliphatic carbocycles. The lowest BCUT2D eigenvalue weighted by Gasteiger charge is -2.24. The number of fused-ring (bicyclic) bond motifs is 3. The molecule has 12 heteroatoms. The molecular weight excluding hydrogens is 602 g/mol. The van der Waals surface area contributed by atoms with Crippen molar-refractivity contribution in [2.75, 3.05) is 13.2 Å². The zero-order valence-corrected chi connectivity index (χ0v) is 27.5. The molecule has 250 valence electrons. The molecule has 2 unspecified atom stereocenters. The third kappa shape index (κ3) is 10.5. The molecule has 0 radical (unpaired) electrons. The SMILES string of the molecule is CCOC(=O)C(CCC(=O)C=[N+]=[N-])NC(=O)C(CC(C)C)NC(=O)C(CC(C)C)=NC(=O)OCC1c2ccccc2-c2ccccc21. The first-order valence-electron chi connectivity index (χ1n) is 15.9. The van der Waals surface area contributed by atoms with Crippen LogP contribution >= 0.6 is 0 Å². The Kier molecular flexibility index (Phi) is 13.7. The van der Waals surface area contributed by atoms with Gasteiger partial charge in [0.1, 0.15) is 24.4 Å². The van der Waals surface area contributed by atoms with Gasteiger partial charge in [-0.25, -0.2) is 9.59 Å². The van der Waals surface area contributed by atoms with Gasteiger partial charge in [0, 0.05) is 12.3 Å². The summed E-state index contributed by atoms with van der Waals surface area (Å²) in [6, 6.07) is 13.6. The quantitative estimate of drug-likeness (QED) is 0.115. The summed E-state index contributed by atoms with van der Waals surface area (Å²) in [6.45, 7) is 9.15. The predicted octanol–water partition coefficient (Wildman–Crippen LogP) is 4.65. The summed E-state index contributed by atoms with van der Waals surface area (Å²) in [5.74, 6) is -2.95. The largest absolute Gasteiger partial charge is 0.464 e. The average Bonchev–Trinajstić information content (AvgIpc) is 3.34. The number of hydrogen-bond acceptors (Lipinski definition) is 7. The fraction of sp³-hybridized carbons (Fsp3) is 0.457. The van der Waals surface area contributed by atoms with Gasteiger partial charge in [0.15, 0.2) is 0 Å². The summed E-state index contributed by atoms with van der Waals surface area (Å²) in [4.78, 5) is 71.0. The third-order valence-electron chi connectivity index (χ3n) is 7.52. The minimum absolute atomic E-state index is 0.0349. The van der Waals surface area contributed by atoms with Crippen LogP contribution in [0.5, 0.6) is 0 Å². The van der Waals surface area contributed by atoms with Gasteiger partial charge < -0.3 is 25.6 Å². The lowest BCUT2D eigenvalue weighted by molar-refractivity contribution is -0.148. The standard InChI is InChI=1S/C35H43N5O7/c1-6-46-34(44)29(16-15-23(41)19-37-36)38-32(42)30(17-21(2)3)39-33(43)31(18-22(4)5)40-35(45)47-20-28-26-13-9-7-11-24(26)25-12-8-10-14-27(25)28/h7-14,19,21-22,28-30H,6,15-18,20H2,1-5H3,(H,38,42)(H,39,43). The van der Waals surface area contributed by atoms with Gasteiger partial charge in [0.05, 0.1) is 6.61 Å². The van der Waals surface area contributed by atoms with Crippen molar-refractivity contribution in [3.8, 4) is 11.1 Å². The van der Waals surface area contributed by atoms with Crippen LogP contribution in [0.3, 0.4) is 0 Å². The number of aliphatic imine (C=N–C) groups is 1. The number of esters is 1. The highest BCUT2D eigenvalue weighted by Crippen LogP contribution is 2.44. The van der Waals surface area contributed by atoms with Gasteiger partial charge in [0.2, 0.25) is 11.7 Å². The Bertz CT molecular complexity index is 1500. The topological polar surface area (TPSA) is 177 Å². The van der Waals surface area contributed by atoms with E-state index in [2.05, 4.69) is 20.4 Å². The summed E-state index contributed by atoms with van der Waals surface area (Å²) >= 11 is 0. The summed E-state index contributed by atoms with van der Waals surface area (Å²) in [5, 5.41) is 5.26. The van der Waals surface area contributed by atoms with Gasteiger partial charge in [-0.05, 0) is 60.3 Å². The number of amides is 3. The number of benzene rings is 2. The van der Waals surface area contributed by atoms with Crippen LogP contribution in [0.15, 0.2) is 53.5 Å². The molecule has 0 fully saturated rings. The van der Waals surface area contributed by atoms with E-state index in [9.17, 15) is 24.0 Å². The highest BCUT2D eigenvalue weighted by atomic mass is 16.5. The molecule has 3 amide bonds. The van der Waals surface area contributed by atoms with Crippen LogP contribution in [0.2, 0.25) is 0 Å². The summed E-state index contributed by atoms with van der Waals surface area (Å²) in [5.41, 5.74) is 12.8. The van der Waals surface area contributed by atoms with Crippen molar-refractivity contribution in [1.82, 2.24) is 10.6 Å². The second-order valence-electron chi connectivity index (χ2n) is 12.2. The maximum absolute atomic E-state index is 13.5. The second-order valence-corrected chi connectivity index (χ2v) is 12.2. The first-order chi connectivity index (χ1) is 22.4. The van der Waals surface area contributed by atoms with Crippen LogP contribution in [0.25, 0.3) is 16.7 Å². The van der Waals surface area contributed by atoms with Gasteiger partial charge in [-0.2, -0.15) is 9.78 Å². The Hall–Kier alpha value is -4.96. The molecule has 12 nitrogen and oxygen atoms in total. The van der Waals surface area contributed by atoms with Crippen molar-refractivity contribution in [3.63, 3.8) is 0 Å². The van der Waals surface area contributed by atoms with Gasteiger partial charge in [0.25, 0.3) is 5.91 Å². The average molecular weight is 646 g/mol. The molecule has 0 bridgehead atoms. The number of Topliss-reactive ketones (excluding diaryl/α,β-unsaturated/α-hetero) is 1. The molecule has 2 aromatic rings. The molecule has 0 heterocycles. The number of nitrogens with one attached hydrogen (secondary N) is 2. The molecular formula is C35H43N5O7. The van der Waals surface area contributed by atoms with E-state index in [0.29, 0.717) is 6.21 Å². The molecule has 2 atom stereocenters. The minimum Gasteiger partial charge on any atom is -0.464 e. The fourth-order valence-electron chi connectivity index (χ4n) is 5.44. The maximum Gasteiger partial charge on any atom is 0.434 e. The Balaban J connectivity index is 1.75. The van der Waals surface area contributed by atoms with Crippen LogP contribution in [-0.2, 0) is 28.7 Å². The minimum atomic E-state index is -1.19. The number of carbonyl (C=O) groups is 5. The highest BCUT2D eigenvalue weighted by molar-refractivity contribution is 6.40. The number of ketones is 1. The van der Waals surface area contributed by atoms with E-state index in [0.717, 1.165) is 22.3 Å². The van der Waals surface area contributed by atoms with E-state index >= 15 is 0 Å². The van der Waals surface area contributed by atoms with E-state index in [4.69, 9.17) is 15.0 Å². The van der Waals surface area contributed by atoms with Crippen LogP contribution in [0.4, 0.5) is 4.79 Å². The number of carbonyl (C=O) groups excluding carboxylic acids is 5. The van der Waals surface area contributed by atoms with Gasteiger partial charge in [-0.1, -0.05) is 76.2 Å². The van der Waals surface area contributed by atoms with E-state index in [1.807, 2.05) is 76.2 Å². The molecule has 0 spiro atoms. The Labute approximate surface area is 274 Å². The summed E-state index contributed by atoms with van der Waals surface area (Å²) in [6.07, 6.45) is -0.159. The van der Waals surface area contributed by atoms with Crippen molar-refractivity contribution in [2.45, 2.75) is 78.3 Å².